The molecule has 0 fully saturated rings. The SMILES string of the molecule is Cc1cc(-n2nc(C)c(CC(C)C(=O)O)c2C)ncn1. The minimum atomic E-state index is -0.797. The van der Waals surface area contributed by atoms with E-state index < -0.39 is 11.9 Å². The number of nitrogens with zero attached hydrogens (tertiary/aromatic N) is 4. The van der Waals surface area contributed by atoms with Gasteiger partial charge in [0.25, 0.3) is 0 Å². The van der Waals surface area contributed by atoms with Crippen molar-refractivity contribution in [3.8, 4) is 5.82 Å². The molecule has 0 radical (unpaired) electrons. The number of rotatable bonds is 4. The number of aliphatic carboxylic acids is 1. The summed E-state index contributed by atoms with van der Waals surface area (Å²) >= 11 is 0. The molecule has 106 valence electrons. The zero-order chi connectivity index (χ0) is 14.9. The summed E-state index contributed by atoms with van der Waals surface area (Å²) < 4.78 is 1.74. The topological polar surface area (TPSA) is 80.9 Å². The smallest absolute Gasteiger partial charge is 0.306 e. The highest BCUT2D eigenvalue weighted by atomic mass is 16.4. The Bertz CT molecular complexity index is 649. The first-order chi connectivity index (χ1) is 9.40. The van der Waals surface area contributed by atoms with Gasteiger partial charge in [-0.1, -0.05) is 6.92 Å². The molecule has 2 aromatic heterocycles. The average Bonchev–Trinajstić information content (AvgIpc) is 2.66. The van der Waals surface area contributed by atoms with E-state index in [0.29, 0.717) is 12.2 Å². The number of aryl methyl sites for hydroxylation is 2. The first-order valence-corrected chi connectivity index (χ1v) is 6.47. The van der Waals surface area contributed by atoms with Crippen LogP contribution in [0, 0.1) is 26.7 Å². The number of hydrogen-bond donors (Lipinski definition) is 1. The molecule has 0 saturated heterocycles. The third-order valence-corrected chi connectivity index (χ3v) is 3.38. The van der Waals surface area contributed by atoms with Crippen molar-refractivity contribution in [2.45, 2.75) is 34.1 Å². The first kappa shape index (κ1) is 14.2. The quantitative estimate of drug-likeness (QED) is 0.920. The highest BCUT2D eigenvalue weighted by Crippen LogP contribution is 2.20. The van der Waals surface area contributed by atoms with Gasteiger partial charge in [0.1, 0.15) is 6.33 Å². The van der Waals surface area contributed by atoms with Gasteiger partial charge >= 0.3 is 5.97 Å². The molecule has 0 spiro atoms. The Kier molecular flexibility index (Phi) is 3.83. The largest absolute Gasteiger partial charge is 0.481 e. The number of carboxylic acids is 1. The molecule has 1 N–H and O–H groups in total. The van der Waals surface area contributed by atoms with Crippen molar-refractivity contribution in [2.75, 3.05) is 0 Å². The molecule has 0 aliphatic heterocycles. The molecule has 1 unspecified atom stereocenters. The summed E-state index contributed by atoms with van der Waals surface area (Å²) in [5, 5.41) is 13.5. The van der Waals surface area contributed by atoms with Crippen molar-refractivity contribution in [1.29, 1.82) is 0 Å². The average molecular weight is 274 g/mol. The summed E-state index contributed by atoms with van der Waals surface area (Å²) in [5.74, 6) is -0.529. The number of hydrogen-bond acceptors (Lipinski definition) is 4. The van der Waals surface area contributed by atoms with Gasteiger partial charge in [-0.05, 0) is 32.8 Å². The lowest BCUT2D eigenvalue weighted by atomic mass is 10.00. The molecule has 0 saturated carbocycles. The second-order valence-corrected chi connectivity index (χ2v) is 5.02. The highest BCUT2D eigenvalue weighted by Gasteiger charge is 2.19. The maximum Gasteiger partial charge on any atom is 0.306 e. The van der Waals surface area contributed by atoms with Crippen LogP contribution in [0.4, 0.5) is 0 Å². The molecule has 0 amide bonds. The lowest BCUT2D eigenvalue weighted by Gasteiger charge is -2.07. The predicted molar refractivity (Wildman–Crippen MR) is 73.9 cm³/mol. The number of carbonyl (C=O) groups is 1. The normalized spacial score (nSPS) is 12.4. The van der Waals surface area contributed by atoms with Gasteiger partial charge in [-0.15, -0.1) is 0 Å². The molecule has 2 rings (SSSR count). The molecule has 2 heterocycles. The van der Waals surface area contributed by atoms with E-state index in [0.717, 1.165) is 22.6 Å². The fourth-order valence-electron chi connectivity index (χ4n) is 2.14. The van der Waals surface area contributed by atoms with Gasteiger partial charge in [-0.3, -0.25) is 4.79 Å². The molecule has 0 aromatic carbocycles. The first-order valence-electron chi connectivity index (χ1n) is 6.47. The van der Waals surface area contributed by atoms with E-state index in [1.807, 2.05) is 26.8 Å². The number of carboxylic acid groups (broad SMARTS) is 1. The van der Waals surface area contributed by atoms with E-state index in [4.69, 9.17) is 5.11 Å². The molecule has 6 heteroatoms. The van der Waals surface area contributed by atoms with Crippen LogP contribution >= 0.6 is 0 Å². The lowest BCUT2D eigenvalue weighted by molar-refractivity contribution is -0.141. The van der Waals surface area contributed by atoms with Gasteiger partial charge in [0.05, 0.1) is 11.6 Å². The lowest BCUT2D eigenvalue weighted by Crippen LogP contribution is -2.13. The van der Waals surface area contributed by atoms with Gasteiger partial charge in [0.15, 0.2) is 5.82 Å². The van der Waals surface area contributed by atoms with Gasteiger partial charge < -0.3 is 5.11 Å². The molecule has 6 nitrogen and oxygen atoms in total. The van der Waals surface area contributed by atoms with E-state index in [2.05, 4.69) is 15.1 Å². The summed E-state index contributed by atoms with van der Waals surface area (Å²) in [6.45, 7) is 7.42. The fourth-order valence-corrected chi connectivity index (χ4v) is 2.14. The Hall–Kier alpha value is -2.24. The summed E-state index contributed by atoms with van der Waals surface area (Å²) in [6.07, 6.45) is 1.97. The highest BCUT2D eigenvalue weighted by molar-refractivity contribution is 5.70. The Morgan fingerprint density at radius 2 is 2.05 bits per heavy atom. The zero-order valence-electron chi connectivity index (χ0n) is 12.1. The number of aromatic nitrogens is 4. The van der Waals surface area contributed by atoms with Crippen LogP contribution < -0.4 is 0 Å². The fraction of sp³-hybridized carbons (Fsp3) is 0.429. The molecule has 0 aliphatic carbocycles. The van der Waals surface area contributed by atoms with Crippen LogP contribution in [0.25, 0.3) is 5.82 Å². The van der Waals surface area contributed by atoms with Crippen molar-refractivity contribution >= 4 is 5.97 Å². The van der Waals surface area contributed by atoms with E-state index in [1.165, 1.54) is 6.33 Å². The van der Waals surface area contributed by atoms with Crippen LogP contribution in [0.3, 0.4) is 0 Å². The van der Waals surface area contributed by atoms with Crippen molar-refractivity contribution < 1.29 is 9.90 Å². The Balaban J connectivity index is 2.41. The van der Waals surface area contributed by atoms with E-state index >= 15 is 0 Å². The van der Waals surface area contributed by atoms with E-state index in [9.17, 15) is 4.79 Å². The van der Waals surface area contributed by atoms with Crippen LogP contribution in [0.5, 0.6) is 0 Å². The maximum absolute atomic E-state index is 11.0. The molecule has 20 heavy (non-hydrogen) atoms. The molecular formula is C14H18N4O2. The molecule has 0 bridgehead atoms. The van der Waals surface area contributed by atoms with Crippen LogP contribution in [0.1, 0.15) is 29.6 Å². The van der Waals surface area contributed by atoms with Gasteiger partial charge in [0.2, 0.25) is 0 Å². The molecule has 1 atom stereocenters. The van der Waals surface area contributed by atoms with Crippen LogP contribution in [0.2, 0.25) is 0 Å². The second-order valence-electron chi connectivity index (χ2n) is 5.02. The zero-order valence-corrected chi connectivity index (χ0v) is 12.1. The van der Waals surface area contributed by atoms with Crippen LogP contribution in [0.15, 0.2) is 12.4 Å². The van der Waals surface area contributed by atoms with Crippen LogP contribution in [-0.4, -0.2) is 30.8 Å². The minimum Gasteiger partial charge on any atom is -0.481 e. The van der Waals surface area contributed by atoms with Gasteiger partial charge in [-0.25, -0.2) is 14.6 Å². The maximum atomic E-state index is 11.0. The molecule has 2 aromatic rings. The Labute approximate surface area is 117 Å². The van der Waals surface area contributed by atoms with Crippen molar-refractivity contribution in [3.63, 3.8) is 0 Å². The Morgan fingerprint density at radius 1 is 1.35 bits per heavy atom. The third kappa shape index (κ3) is 2.68. The van der Waals surface area contributed by atoms with Crippen molar-refractivity contribution in [1.82, 2.24) is 19.7 Å². The second kappa shape index (κ2) is 5.40. The van der Waals surface area contributed by atoms with Gasteiger partial charge in [0, 0.05) is 17.5 Å². The van der Waals surface area contributed by atoms with Crippen LogP contribution in [-0.2, 0) is 11.2 Å². The standard InChI is InChI=1S/C14H18N4O2/c1-8(14(19)20)5-12-10(3)17-18(11(12)4)13-6-9(2)15-7-16-13/h6-8H,5H2,1-4H3,(H,19,20). The summed E-state index contributed by atoms with van der Waals surface area (Å²) in [4.78, 5) is 19.3. The third-order valence-electron chi connectivity index (χ3n) is 3.38. The van der Waals surface area contributed by atoms with Crippen molar-refractivity contribution in [2.24, 2.45) is 5.92 Å². The predicted octanol–water partition coefficient (Wildman–Crippen LogP) is 1.85. The minimum absolute atomic E-state index is 0.433. The molecular weight excluding hydrogens is 256 g/mol. The molecule has 0 aliphatic rings. The summed E-state index contributed by atoms with van der Waals surface area (Å²) in [6, 6.07) is 1.85. The monoisotopic (exact) mass is 274 g/mol. The Morgan fingerprint density at radius 3 is 2.65 bits per heavy atom. The van der Waals surface area contributed by atoms with E-state index in [1.54, 1.807) is 11.6 Å². The van der Waals surface area contributed by atoms with Crippen molar-refractivity contribution in [3.05, 3.63) is 35.0 Å². The van der Waals surface area contributed by atoms with E-state index in [-0.39, 0.29) is 0 Å². The summed E-state index contributed by atoms with van der Waals surface area (Å²) in [5.41, 5.74) is 3.60. The van der Waals surface area contributed by atoms with Gasteiger partial charge in [-0.2, -0.15) is 5.10 Å². The summed E-state index contributed by atoms with van der Waals surface area (Å²) in [7, 11) is 0.